The van der Waals surface area contributed by atoms with Crippen LogP contribution in [0.15, 0.2) is 24.3 Å². The SMILES string of the molecule is CCCCC/C=C\C/C=C\CCCCCCCC(=O)OCC(CCOC(=O)CN1CCN(C)CC1)COC(=O)CC12CC3CC(CC(C3)C1)C2. The van der Waals surface area contributed by atoms with E-state index in [0.717, 1.165) is 76.0 Å². The lowest BCUT2D eigenvalue weighted by Gasteiger charge is -2.56. The number of unbranched alkanes of at least 4 members (excludes halogenated alkanes) is 8. The Morgan fingerprint density at radius 2 is 1.28 bits per heavy atom. The Morgan fingerprint density at radius 1 is 0.700 bits per heavy atom. The van der Waals surface area contributed by atoms with Crippen molar-refractivity contribution in [1.29, 1.82) is 0 Å². The molecule has 4 bridgehead atoms. The smallest absolute Gasteiger partial charge is 0.320 e. The van der Waals surface area contributed by atoms with Gasteiger partial charge in [-0.05, 0) is 114 Å². The van der Waals surface area contributed by atoms with Crippen LogP contribution in [0.5, 0.6) is 0 Å². The van der Waals surface area contributed by atoms with E-state index in [1.54, 1.807) is 0 Å². The summed E-state index contributed by atoms with van der Waals surface area (Å²) < 4.78 is 17.1. The topological polar surface area (TPSA) is 85.4 Å². The first-order valence-corrected chi connectivity index (χ1v) is 20.5. The van der Waals surface area contributed by atoms with E-state index in [1.807, 2.05) is 0 Å². The van der Waals surface area contributed by atoms with Crippen LogP contribution >= 0.6 is 0 Å². The van der Waals surface area contributed by atoms with Crippen molar-refractivity contribution in [2.75, 3.05) is 59.6 Å². The minimum absolute atomic E-state index is 0.125. The van der Waals surface area contributed by atoms with Gasteiger partial charge in [0.15, 0.2) is 0 Å². The fraction of sp³-hybridized carbons (Fsp3) is 0.833. The van der Waals surface area contributed by atoms with Crippen molar-refractivity contribution in [3.63, 3.8) is 0 Å². The lowest BCUT2D eigenvalue weighted by Crippen LogP contribution is -2.47. The summed E-state index contributed by atoms with van der Waals surface area (Å²) >= 11 is 0. The Kier molecular flexibility index (Phi) is 18.4. The monoisotopic (exact) mass is 699 g/mol. The standard InChI is InChI=1S/C42H70N2O6/c1-3-4-5-6-7-8-9-10-11-12-13-14-15-16-17-18-39(45)49-33-35(19-24-48-41(47)32-44-22-20-43(2)21-23-44)34-50-40(46)31-42-28-36-25-37(29-42)27-38(26-36)30-42/h7-8,10-11,35-38H,3-6,9,12-34H2,1-2H3/b8-7-,11-10-. The molecule has 1 atom stereocenters. The van der Waals surface area contributed by atoms with Crippen molar-refractivity contribution in [1.82, 2.24) is 9.80 Å². The summed E-state index contributed by atoms with van der Waals surface area (Å²) in [7, 11) is 2.09. The van der Waals surface area contributed by atoms with E-state index < -0.39 is 0 Å². The third kappa shape index (κ3) is 15.6. The zero-order valence-electron chi connectivity index (χ0n) is 31.8. The van der Waals surface area contributed by atoms with E-state index in [-0.39, 0.29) is 49.1 Å². The van der Waals surface area contributed by atoms with E-state index in [9.17, 15) is 14.4 Å². The Labute approximate surface area is 304 Å². The second-order valence-electron chi connectivity index (χ2n) is 16.4. The molecule has 1 aliphatic heterocycles. The number of ether oxygens (including phenoxy) is 3. The largest absolute Gasteiger partial charge is 0.465 e. The summed E-state index contributed by atoms with van der Waals surface area (Å²) in [5.41, 5.74) is 0.133. The van der Waals surface area contributed by atoms with Crippen LogP contribution < -0.4 is 0 Å². The van der Waals surface area contributed by atoms with E-state index in [0.29, 0.717) is 25.8 Å². The van der Waals surface area contributed by atoms with Crippen molar-refractivity contribution in [2.24, 2.45) is 29.1 Å². The number of carbonyl (C=O) groups is 3. The number of hydrogen-bond acceptors (Lipinski definition) is 8. The molecule has 0 aromatic rings. The number of allylic oxidation sites excluding steroid dienone is 4. The van der Waals surface area contributed by atoms with Gasteiger partial charge in [0.2, 0.25) is 0 Å². The van der Waals surface area contributed by atoms with E-state index in [1.165, 1.54) is 77.0 Å². The molecule has 1 saturated heterocycles. The third-order valence-corrected chi connectivity index (χ3v) is 11.7. The van der Waals surface area contributed by atoms with Gasteiger partial charge in [-0.15, -0.1) is 0 Å². The summed E-state index contributed by atoms with van der Waals surface area (Å²) in [5.74, 6) is 1.63. The molecule has 0 aromatic carbocycles. The van der Waals surface area contributed by atoms with Gasteiger partial charge >= 0.3 is 17.9 Å². The van der Waals surface area contributed by atoms with Crippen molar-refractivity contribution in [3.05, 3.63) is 24.3 Å². The molecular weight excluding hydrogens is 628 g/mol. The molecule has 1 heterocycles. The van der Waals surface area contributed by atoms with Gasteiger partial charge in [-0.1, -0.05) is 63.3 Å². The summed E-state index contributed by atoms with van der Waals surface area (Å²) in [6.07, 6.45) is 30.7. The molecule has 0 spiro atoms. The average Bonchev–Trinajstić information content (AvgIpc) is 3.07. The van der Waals surface area contributed by atoms with E-state index in [2.05, 4.69) is 48.1 Å². The maximum atomic E-state index is 13.1. The van der Waals surface area contributed by atoms with Crippen LogP contribution in [0.3, 0.4) is 0 Å². The van der Waals surface area contributed by atoms with Crippen molar-refractivity contribution in [3.8, 4) is 0 Å². The molecule has 8 heteroatoms. The van der Waals surface area contributed by atoms with Gasteiger partial charge in [-0.25, -0.2) is 0 Å². The first-order valence-electron chi connectivity index (χ1n) is 20.5. The number of esters is 3. The zero-order valence-corrected chi connectivity index (χ0v) is 31.8. The Morgan fingerprint density at radius 3 is 1.92 bits per heavy atom. The molecule has 50 heavy (non-hydrogen) atoms. The van der Waals surface area contributed by atoms with Gasteiger partial charge in [0.05, 0.1) is 32.8 Å². The van der Waals surface area contributed by atoms with Crippen LogP contribution in [0.2, 0.25) is 0 Å². The van der Waals surface area contributed by atoms with Gasteiger partial charge in [-0.2, -0.15) is 0 Å². The number of nitrogens with zero attached hydrogens (tertiary/aromatic N) is 2. The first-order chi connectivity index (χ1) is 24.3. The van der Waals surface area contributed by atoms with Gasteiger partial charge in [0.1, 0.15) is 0 Å². The molecule has 5 aliphatic rings. The Bertz CT molecular complexity index is 1030. The molecule has 4 saturated carbocycles. The van der Waals surface area contributed by atoms with E-state index in [4.69, 9.17) is 14.2 Å². The average molecular weight is 699 g/mol. The summed E-state index contributed by atoms with van der Waals surface area (Å²) in [6.45, 7) is 6.75. The number of rotatable bonds is 25. The highest BCUT2D eigenvalue weighted by Gasteiger charge is 2.51. The summed E-state index contributed by atoms with van der Waals surface area (Å²) in [6, 6.07) is 0. The van der Waals surface area contributed by atoms with Gasteiger partial charge in [0, 0.05) is 38.5 Å². The molecule has 5 fully saturated rings. The quantitative estimate of drug-likeness (QED) is 0.0408. The number of likely N-dealkylation sites (N-methyl/N-ethyl adjacent to an activating group) is 1. The maximum absolute atomic E-state index is 13.1. The number of piperazine rings is 1. The maximum Gasteiger partial charge on any atom is 0.320 e. The van der Waals surface area contributed by atoms with Crippen molar-refractivity contribution >= 4 is 17.9 Å². The lowest BCUT2D eigenvalue weighted by atomic mass is 9.49. The van der Waals surface area contributed by atoms with Crippen LogP contribution in [-0.2, 0) is 28.6 Å². The minimum Gasteiger partial charge on any atom is -0.465 e. The van der Waals surface area contributed by atoms with Crippen molar-refractivity contribution in [2.45, 2.75) is 135 Å². The molecule has 4 aliphatic carbocycles. The fourth-order valence-corrected chi connectivity index (χ4v) is 9.23. The van der Waals surface area contributed by atoms with E-state index >= 15 is 0 Å². The van der Waals surface area contributed by atoms with Gasteiger partial charge in [0.25, 0.3) is 0 Å². The van der Waals surface area contributed by atoms with Gasteiger partial charge < -0.3 is 19.1 Å². The molecule has 0 N–H and O–H groups in total. The molecule has 8 nitrogen and oxygen atoms in total. The summed E-state index contributed by atoms with van der Waals surface area (Å²) in [5, 5.41) is 0. The molecule has 1 unspecified atom stereocenters. The molecule has 0 amide bonds. The number of hydrogen-bond donors (Lipinski definition) is 0. The molecule has 5 rings (SSSR count). The lowest BCUT2D eigenvalue weighted by molar-refractivity contribution is -0.156. The van der Waals surface area contributed by atoms with Crippen LogP contribution in [-0.4, -0.2) is 87.3 Å². The molecule has 0 aromatic heterocycles. The van der Waals surface area contributed by atoms with Crippen LogP contribution in [0, 0.1) is 29.1 Å². The van der Waals surface area contributed by atoms with Crippen molar-refractivity contribution < 1.29 is 28.6 Å². The first kappa shape index (κ1) is 40.6. The minimum atomic E-state index is -0.231. The Hall–Kier alpha value is -2.19. The van der Waals surface area contributed by atoms with Crippen LogP contribution in [0.4, 0.5) is 0 Å². The zero-order chi connectivity index (χ0) is 35.4. The molecular formula is C42H70N2O6. The van der Waals surface area contributed by atoms with Crippen LogP contribution in [0.1, 0.15) is 135 Å². The molecule has 284 valence electrons. The number of carbonyl (C=O) groups excluding carboxylic acids is 3. The predicted molar refractivity (Wildman–Crippen MR) is 200 cm³/mol. The normalized spacial score (nSPS) is 25.8. The second-order valence-corrected chi connectivity index (χ2v) is 16.4. The Balaban J connectivity index is 1.10. The predicted octanol–water partition coefficient (Wildman–Crippen LogP) is 8.29. The van der Waals surface area contributed by atoms with Crippen LogP contribution in [0.25, 0.3) is 0 Å². The third-order valence-electron chi connectivity index (χ3n) is 11.7. The molecule has 0 radical (unpaired) electrons. The fourth-order valence-electron chi connectivity index (χ4n) is 9.23. The highest BCUT2D eigenvalue weighted by Crippen LogP contribution is 2.61. The van der Waals surface area contributed by atoms with Gasteiger partial charge in [-0.3, -0.25) is 19.3 Å². The highest BCUT2D eigenvalue weighted by molar-refractivity contribution is 5.72. The summed E-state index contributed by atoms with van der Waals surface area (Å²) in [4.78, 5) is 42.7. The highest BCUT2D eigenvalue weighted by atomic mass is 16.6. The second kappa shape index (κ2) is 22.7.